The summed E-state index contributed by atoms with van der Waals surface area (Å²) >= 11 is 0. The fraction of sp³-hybridized carbons (Fsp3) is 0.188. The van der Waals surface area contributed by atoms with Gasteiger partial charge < -0.3 is 15.2 Å². The van der Waals surface area contributed by atoms with Crippen LogP contribution in [0.25, 0.3) is 0 Å². The van der Waals surface area contributed by atoms with Crippen LogP contribution in [0.15, 0.2) is 54.6 Å². The molecule has 0 bridgehead atoms. The van der Waals surface area contributed by atoms with Gasteiger partial charge in [0.25, 0.3) is 5.91 Å². The fourth-order valence-electron chi connectivity index (χ4n) is 1.86. The molecule has 0 radical (unpaired) electrons. The molecule has 0 spiro atoms. The van der Waals surface area contributed by atoms with Crippen LogP contribution >= 0.6 is 0 Å². The van der Waals surface area contributed by atoms with Crippen molar-refractivity contribution in [3.63, 3.8) is 0 Å². The average Bonchev–Trinajstić information content (AvgIpc) is 2.51. The highest BCUT2D eigenvalue weighted by Crippen LogP contribution is 2.13. The number of ether oxygens (including phenoxy) is 1. The molecule has 2 aromatic rings. The Kier molecular flexibility index (Phi) is 5.29. The summed E-state index contributed by atoms with van der Waals surface area (Å²) in [4.78, 5) is 11.8. The Morgan fingerprint density at radius 3 is 2.62 bits per heavy atom. The van der Waals surface area contributed by atoms with E-state index in [1.165, 1.54) is 18.2 Å². The van der Waals surface area contributed by atoms with Crippen LogP contribution in [0.3, 0.4) is 0 Å². The van der Waals surface area contributed by atoms with Gasteiger partial charge in [-0.3, -0.25) is 4.79 Å². The minimum absolute atomic E-state index is 0.213. The molecule has 0 fully saturated rings. The Bertz CT molecular complexity index is 589. The first-order valence-corrected chi connectivity index (χ1v) is 6.52. The Balaban J connectivity index is 1.89. The largest absolute Gasteiger partial charge is 0.484 e. The zero-order chi connectivity index (χ0) is 15.1. The number of carbonyl (C=O) groups is 1. The number of nitrogens with one attached hydrogen (secondary N) is 1. The number of halogens is 1. The van der Waals surface area contributed by atoms with Crippen LogP contribution in [0.2, 0.25) is 0 Å². The van der Waals surface area contributed by atoms with Crippen molar-refractivity contribution >= 4 is 5.91 Å². The van der Waals surface area contributed by atoms with Gasteiger partial charge in [0.05, 0.1) is 12.6 Å². The van der Waals surface area contributed by atoms with Crippen molar-refractivity contribution in [2.75, 3.05) is 13.2 Å². The highest BCUT2D eigenvalue weighted by molar-refractivity contribution is 5.78. The van der Waals surface area contributed by atoms with Gasteiger partial charge in [-0.1, -0.05) is 36.4 Å². The number of hydrogen-bond acceptors (Lipinski definition) is 3. The molecule has 21 heavy (non-hydrogen) atoms. The van der Waals surface area contributed by atoms with Crippen molar-refractivity contribution in [2.45, 2.75) is 6.04 Å². The summed E-state index contributed by atoms with van der Waals surface area (Å²) in [6.45, 7) is -0.456. The summed E-state index contributed by atoms with van der Waals surface area (Å²) < 4.78 is 18.2. The van der Waals surface area contributed by atoms with Gasteiger partial charge in [0.1, 0.15) is 11.6 Å². The summed E-state index contributed by atoms with van der Waals surface area (Å²) in [5, 5.41) is 12.0. The summed E-state index contributed by atoms with van der Waals surface area (Å²) in [6.07, 6.45) is 0. The molecule has 2 N–H and O–H groups in total. The number of hydrogen-bond donors (Lipinski definition) is 2. The lowest BCUT2D eigenvalue weighted by molar-refractivity contribution is -0.124. The molecule has 1 unspecified atom stereocenters. The lowest BCUT2D eigenvalue weighted by atomic mass is 10.1. The van der Waals surface area contributed by atoms with E-state index < -0.39 is 11.9 Å². The van der Waals surface area contributed by atoms with E-state index in [9.17, 15) is 14.3 Å². The maximum Gasteiger partial charge on any atom is 0.258 e. The van der Waals surface area contributed by atoms with Crippen molar-refractivity contribution in [3.05, 3.63) is 66.0 Å². The zero-order valence-corrected chi connectivity index (χ0v) is 11.3. The Labute approximate surface area is 122 Å². The molecular weight excluding hydrogens is 273 g/mol. The van der Waals surface area contributed by atoms with Crippen molar-refractivity contribution in [3.8, 4) is 5.75 Å². The maximum absolute atomic E-state index is 13.0. The van der Waals surface area contributed by atoms with Gasteiger partial charge in [0.2, 0.25) is 0 Å². The number of benzene rings is 2. The van der Waals surface area contributed by atoms with Crippen LogP contribution in [0.5, 0.6) is 5.75 Å². The smallest absolute Gasteiger partial charge is 0.258 e. The first-order chi connectivity index (χ1) is 10.2. The second-order valence-electron chi connectivity index (χ2n) is 4.46. The van der Waals surface area contributed by atoms with E-state index in [0.29, 0.717) is 0 Å². The van der Waals surface area contributed by atoms with E-state index in [0.717, 1.165) is 5.56 Å². The van der Waals surface area contributed by atoms with Gasteiger partial charge in [-0.25, -0.2) is 4.39 Å². The monoisotopic (exact) mass is 289 g/mol. The summed E-state index contributed by atoms with van der Waals surface area (Å²) in [5.41, 5.74) is 0.805. The van der Waals surface area contributed by atoms with E-state index in [1.54, 1.807) is 6.07 Å². The Morgan fingerprint density at radius 2 is 1.95 bits per heavy atom. The van der Waals surface area contributed by atoms with Gasteiger partial charge in [-0.05, 0) is 17.7 Å². The van der Waals surface area contributed by atoms with Gasteiger partial charge in [-0.2, -0.15) is 0 Å². The van der Waals surface area contributed by atoms with Crippen LogP contribution in [-0.2, 0) is 4.79 Å². The van der Waals surface area contributed by atoms with E-state index >= 15 is 0 Å². The van der Waals surface area contributed by atoms with Crippen LogP contribution in [0.1, 0.15) is 11.6 Å². The predicted octanol–water partition coefficient (Wildman–Crippen LogP) is 2.05. The van der Waals surface area contributed by atoms with E-state index in [-0.39, 0.29) is 24.9 Å². The third-order valence-electron chi connectivity index (χ3n) is 2.89. The Hall–Kier alpha value is -2.40. The second kappa shape index (κ2) is 7.40. The quantitative estimate of drug-likeness (QED) is 0.855. The molecule has 4 nitrogen and oxygen atoms in total. The molecule has 0 aromatic heterocycles. The van der Waals surface area contributed by atoms with Crippen molar-refractivity contribution in [1.82, 2.24) is 5.32 Å². The Morgan fingerprint density at radius 1 is 1.19 bits per heavy atom. The molecule has 0 aliphatic rings. The summed E-state index contributed by atoms with van der Waals surface area (Å²) in [6, 6.07) is 14.2. The number of aliphatic hydroxyl groups excluding tert-OH is 1. The zero-order valence-electron chi connectivity index (χ0n) is 11.3. The van der Waals surface area contributed by atoms with Gasteiger partial charge in [-0.15, -0.1) is 0 Å². The topological polar surface area (TPSA) is 58.6 Å². The first kappa shape index (κ1) is 15.0. The molecular formula is C16H16FNO3. The third kappa shape index (κ3) is 4.57. The van der Waals surface area contributed by atoms with E-state index in [2.05, 4.69) is 5.32 Å². The predicted molar refractivity (Wildman–Crippen MR) is 76.3 cm³/mol. The molecule has 5 heteroatoms. The number of amides is 1. The van der Waals surface area contributed by atoms with Gasteiger partial charge in [0, 0.05) is 6.07 Å². The molecule has 0 saturated heterocycles. The fourth-order valence-corrected chi connectivity index (χ4v) is 1.86. The molecule has 110 valence electrons. The molecule has 2 rings (SSSR count). The molecule has 1 atom stereocenters. The van der Waals surface area contributed by atoms with Crippen molar-refractivity contribution < 1.29 is 19.0 Å². The minimum atomic E-state index is -0.491. The molecule has 0 aliphatic carbocycles. The summed E-state index contributed by atoms with van der Waals surface area (Å²) in [5.74, 6) is -0.530. The molecule has 0 saturated carbocycles. The lowest BCUT2D eigenvalue weighted by Crippen LogP contribution is -2.34. The second-order valence-corrected chi connectivity index (χ2v) is 4.46. The average molecular weight is 289 g/mol. The number of aliphatic hydroxyl groups is 1. The van der Waals surface area contributed by atoms with Gasteiger partial charge >= 0.3 is 0 Å². The van der Waals surface area contributed by atoms with E-state index in [1.807, 2.05) is 30.3 Å². The normalized spacial score (nSPS) is 11.7. The highest BCUT2D eigenvalue weighted by atomic mass is 19.1. The lowest BCUT2D eigenvalue weighted by Gasteiger charge is -2.16. The number of carbonyl (C=O) groups excluding carboxylic acids is 1. The molecule has 0 aliphatic heterocycles. The summed E-state index contributed by atoms with van der Waals surface area (Å²) in [7, 11) is 0. The van der Waals surface area contributed by atoms with Gasteiger partial charge in [0.15, 0.2) is 6.61 Å². The standard InChI is InChI=1S/C16H16FNO3/c17-13-7-4-8-14(9-13)21-11-16(20)18-15(10-19)12-5-2-1-3-6-12/h1-9,15,19H,10-11H2,(H,18,20). The van der Waals surface area contributed by atoms with Crippen LogP contribution in [0, 0.1) is 5.82 Å². The van der Waals surface area contributed by atoms with Crippen LogP contribution in [0.4, 0.5) is 4.39 Å². The van der Waals surface area contributed by atoms with Crippen LogP contribution < -0.4 is 10.1 Å². The number of rotatable bonds is 6. The SMILES string of the molecule is O=C(COc1cccc(F)c1)NC(CO)c1ccccc1. The molecule has 1 amide bonds. The molecule has 0 heterocycles. The first-order valence-electron chi connectivity index (χ1n) is 6.52. The van der Waals surface area contributed by atoms with E-state index in [4.69, 9.17) is 4.74 Å². The van der Waals surface area contributed by atoms with Crippen LogP contribution in [-0.4, -0.2) is 24.2 Å². The highest BCUT2D eigenvalue weighted by Gasteiger charge is 2.13. The maximum atomic E-state index is 13.0. The third-order valence-corrected chi connectivity index (χ3v) is 2.89. The van der Waals surface area contributed by atoms with Crippen molar-refractivity contribution in [2.24, 2.45) is 0 Å². The molecule has 2 aromatic carbocycles. The minimum Gasteiger partial charge on any atom is -0.484 e. The van der Waals surface area contributed by atoms with Crippen molar-refractivity contribution in [1.29, 1.82) is 0 Å².